The highest BCUT2D eigenvalue weighted by molar-refractivity contribution is 6.12. The zero-order valence-corrected chi connectivity index (χ0v) is 32.0. The van der Waals surface area contributed by atoms with Gasteiger partial charge < -0.3 is 13.7 Å². The molecular formula is C56H35NO2. The van der Waals surface area contributed by atoms with E-state index >= 15 is 0 Å². The molecule has 0 aliphatic heterocycles. The van der Waals surface area contributed by atoms with Gasteiger partial charge in [-0.3, -0.25) is 0 Å². The Morgan fingerprint density at radius 3 is 1.44 bits per heavy atom. The SMILES string of the molecule is c1ccc2cc(N(c3ccc(-c4cc(-c5cccc6c5oc5ccccc56)cc(-c5cccc6c5oc5ccccc56)c4)cc3)c3cccc4ccccc34)ccc2c1. The lowest BCUT2D eigenvalue weighted by atomic mass is 9.92. The Morgan fingerprint density at radius 1 is 0.288 bits per heavy atom. The maximum absolute atomic E-state index is 6.60. The summed E-state index contributed by atoms with van der Waals surface area (Å²) in [4.78, 5) is 2.38. The maximum Gasteiger partial charge on any atom is 0.143 e. The topological polar surface area (TPSA) is 29.5 Å². The molecule has 2 aromatic heterocycles. The summed E-state index contributed by atoms with van der Waals surface area (Å²) in [5.74, 6) is 0. The fourth-order valence-electron chi connectivity index (χ4n) is 9.00. The number of fused-ring (bicyclic) bond motifs is 8. The molecule has 3 heteroatoms. The van der Waals surface area contributed by atoms with Gasteiger partial charge >= 0.3 is 0 Å². The zero-order chi connectivity index (χ0) is 38.9. The molecule has 0 spiro atoms. The molecule has 12 rings (SSSR count). The van der Waals surface area contributed by atoms with Gasteiger partial charge in [0.05, 0.1) is 5.69 Å². The van der Waals surface area contributed by atoms with E-state index < -0.39 is 0 Å². The maximum atomic E-state index is 6.60. The highest BCUT2D eigenvalue weighted by Crippen LogP contribution is 2.44. The minimum absolute atomic E-state index is 0.884. The Hall–Kier alpha value is -7.88. The van der Waals surface area contributed by atoms with Crippen molar-refractivity contribution in [2.75, 3.05) is 4.90 Å². The summed E-state index contributed by atoms with van der Waals surface area (Å²) in [6, 6.07) is 75.8. The number of anilines is 3. The van der Waals surface area contributed by atoms with Crippen molar-refractivity contribution in [3.8, 4) is 33.4 Å². The van der Waals surface area contributed by atoms with Crippen LogP contribution in [0.1, 0.15) is 0 Å². The van der Waals surface area contributed by atoms with Gasteiger partial charge in [0.15, 0.2) is 0 Å². The lowest BCUT2D eigenvalue weighted by Gasteiger charge is -2.27. The van der Waals surface area contributed by atoms with Crippen LogP contribution in [0.25, 0.3) is 98.8 Å². The number of benzene rings is 10. The first-order chi connectivity index (χ1) is 29.2. The van der Waals surface area contributed by atoms with Gasteiger partial charge in [0.2, 0.25) is 0 Å². The molecule has 0 atom stereocenters. The van der Waals surface area contributed by atoms with Crippen LogP contribution in [-0.4, -0.2) is 0 Å². The van der Waals surface area contributed by atoms with E-state index in [9.17, 15) is 0 Å². The lowest BCUT2D eigenvalue weighted by molar-refractivity contribution is 0.670. The minimum Gasteiger partial charge on any atom is -0.455 e. The molecular weight excluding hydrogens is 719 g/mol. The van der Waals surface area contributed by atoms with Gasteiger partial charge in [-0.05, 0) is 99.1 Å². The predicted octanol–water partition coefficient (Wildman–Crippen LogP) is 16.3. The molecule has 0 N–H and O–H groups in total. The van der Waals surface area contributed by atoms with Gasteiger partial charge in [-0.1, -0.05) is 152 Å². The monoisotopic (exact) mass is 753 g/mol. The third kappa shape index (κ3) is 5.51. The molecule has 0 saturated carbocycles. The molecule has 0 unspecified atom stereocenters. The van der Waals surface area contributed by atoms with Crippen molar-refractivity contribution in [1.82, 2.24) is 0 Å². The van der Waals surface area contributed by atoms with Crippen molar-refractivity contribution in [1.29, 1.82) is 0 Å². The van der Waals surface area contributed by atoms with E-state index in [1.165, 1.54) is 21.5 Å². The summed E-state index contributed by atoms with van der Waals surface area (Å²) in [5.41, 5.74) is 13.3. The second-order valence-corrected chi connectivity index (χ2v) is 15.3. The highest BCUT2D eigenvalue weighted by atomic mass is 16.3. The van der Waals surface area contributed by atoms with Crippen LogP contribution in [0.15, 0.2) is 221 Å². The standard InChI is InChI=1S/C56H35NO2/c1-2-14-39-35-44(31-28-36(39)12-1)57(52-23-9-15-38-13-3-4-16-45(38)52)43-29-26-37(27-30-43)40-32-41(46-19-10-21-50-48-17-5-7-24-53(48)58-55(46)50)34-42(33-40)47-20-11-22-51-49-18-6-8-25-54(49)59-56(47)51/h1-35H. The Kier molecular flexibility index (Phi) is 7.54. The van der Waals surface area contributed by atoms with Gasteiger partial charge in [-0.25, -0.2) is 0 Å². The molecule has 0 amide bonds. The summed E-state index contributed by atoms with van der Waals surface area (Å²) >= 11 is 0. The Morgan fingerprint density at radius 2 is 0.780 bits per heavy atom. The molecule has 0 bridgehead atoms. The first-order valence-electron chi connectivity index (χ1n) is 20.1. The van der Waals surface area contributed by atoms with Crippen LogP contribution in [0, 0.1) is 0 Å². The first-order valence-corrected chi connectivity index (χ1v) is 20.1. The van der Waals surface area contributed by atoms with Crippen molar-refractivity contribution in [3.05, 3.63) is 212 Å². The van der Waals surface area contributed by atoms with E-state index in [1.807, 2.05) is 24.3 Å². The molecule has 2 heterocycles. The van der Waals surface area contributed by atoms with E-state index in [1.54, 1.807) is 0 Å². The number of rotatable bonds is 6. The van der Waals surface area contributed by atoms with E-state index in [0.717, 1.165) is 94.3 Å². The van der Waals surface area contributed by atoms with E-state index in [4.69, 9.17) is 8.83 Å². The summed E-state index contributed by atoms with van der Waals surface area (Å²) in [6.45, 7) is 0. The summed E-state index contributed by atoms with van der Waals surface area (Å²) in [5, 5.41) is 9.27. The van der Waals surface area contributed by atoms with Crippen molar-refractivity contribution in [3.63, 3.8) is 0 Å². The third-order valence-corrected chi connectivity index (χ3v) is 11.8. The van der Waals surface area contributed by atoms with Crippen molar-refractivity contribution in [2.24, 2.45) is 0 Å². The molecule has 12 aromatic rings. The smallest absolute Gasteiger partial charge is 0.143 e. The van der Waals surface area contributed by atoms with Crippen LogP contribution in [0.5, 0.6) is 0 Å². The quantitative estimate of drug-likeness (QED) is 0.169. The molecule has 0 fully saturated rings. The largest absolute Gasteiger partial charge is 0.455 e. The van der Waals surface area contributed by atoms with Crippen LogP contribution >= 0.6 is 0 Å². The van der Waals surface area contributed by atoms with Crippen molar-refractivity contribution >= 4 is 82.5 Å². The average molecular weight is 754 g/mol. The van der Waals surface area contributed by atoms with Crippen LogP contribution in [0.3, 0.4) is 0 Å². The summed E-state index contributed by atoms with van der Waals surface area (Å²) < 4.78 is 13.2. The van der Waals surface area contributed by atoms with E-state index in [2.05, 4.69) is 193 Å². The molecule has 3 nitrogen and oxygen atoms in total. The Balaban J connectivity index is 1.05. The minimum atomic E-state index is 0.884. The van der Waals surface area contributed by atoms with Gasteiger partial charge in [-0.2, -0.15) is 0 Å². The predicted molar refractivity (Wildman–Crippen MR) is 247 cm³/mol. The number of hydrogen-bond acceptors (Lipinski definition) is 3. The van der Waals surface area contributed by atoms with Crippen molar-refractivity contribution < 1.29 is 8.83 Å². The number of para-hydroxylation sites is 4. The van der Waals surface area contributed by atoms with Gasteiger partial charge in [0, 0.05) is 49.4 Å². The second kappa shape index (κ2) is 13.4. The second-order valence-electron chi connectivity index (χ2n) is 15.3. The molecule has 0 aliphatic rings. The highest BCUT2D eigenvalue weighted by Gasteiger charge is 2.19. The summed E-state index contributed by atoms with van der Waals surface area (Å²) in [6.07, 6.45) is 0. The normalized spacial score (nSPS) is 11.7. The van der Waals surface area contributed by atoms with E-state index in [-0.39, 0.29) is 0 Å². The third-order valence-electron chi connectivity index (χ3n) is 11.8. The van der Waals surface area contributed by atoms with Gasteiger partial charge in [0.1, 0.15) is 22.3 Å². The Labute approximate surface area is 340 Å². The number of hydrogen-bond donors (Lipinski definition) is 0. The first kappa shape index (κ1) is 33.3. The molecule has 10 aromatic carbocycles. The Bertz CT molecular complexity index is 3430. The molecule has 0 radical (unpaired) electrons. The van der Waals surface area contributed by atoms with Gasteiger partial charge in [-0.15, -0.1) is 0 Å². The fourth-order valence-corrected chi connectivity index (χ4v) is 9.00. The summed E-state index contributed by atoms with van der Waals surface area (Å²) in [7, 11) is 0. The molecule has 0 saturated heterocycles. The number of nitrogens with zero attached hydrogens (tertiary/aromatic N) is 1. The van der Waals surface area contributed by atoms with Crippen LogP contribution in [-0.2, 0) is 0 Å². The number of furan rings is 2. The average Bonchev–Trinajstić information content (AvgIpc) is 3.88. The van der Waals surface area contributed by atoms with Crippen molar-refractivity contribution in [2.45, 2.75) is 0 Å². The zero-order valence-electron chi connectivity index (χ0n) is 32.0. The van der Waals surface area contributed by atoms with Crippen LogP contribution in [0.4, 0.5) is 17.1 Å². The molecule has 0 aliphatic carbocycles. The van der Waals surface area contributed by atoms with Crippen LogP contribution < -0.4 is 4.90 Å². The van der Waals surface area contributed by atoms with Crippen LogP contribution in [0.2, 0.25) is 0 Å². The lowest BCUT2D eigenvalue weighted by Crippen LogP contribution is -2.10. The molecule has 276 valence electrons. The fraction of sp³-hybridized carbons (Fsp3) is 0. The van der Waals surface area contributed by atoms with Gasteiger partial charge in [0.25, 0.3) is 0 Å². The molecule has 59 heavy (non-hydrogen) atoms. The van der Waals surface area contributed by atoms with E-state index in [0.29, 0.717) is 0 Å².